The molecule has 0 aromatic carbocycles. The second-order valence-electron chi connectivity index (χ2n) is 4.23. The third-order valence-corrected chi connectivity index (χ3v) is 3.69. The van der Waals surface area contributed by atoms with Crippen LogP contribution >= 0.6 is 11.3 Å². The summed E-state index contributed by atoms with van der Waals surface area (Å²) in [4.78, 5) is 24.7. The third kappa shape index (κ3) is 2.18. The number of carbonyl (C=O) groups excluding carboxylic acids is 1. The minimum Gasteiger partial charge on any atom is -0.477 e. The van der Waals surface area contributed by atoms with Gasteiger partial charge < -0.3 is 15.7 Å². The molecule has 17 heavy (non-hydrogen) atoms. The van der Waals surface area contributed by atoms with Crippen molar-refractivity contribution in [2.24, 2.45) is 5.73 Å². The summed E-state index contributed by atoms with van der Waals surface area (Å²) in [6, 6.07) is -0.175. The minimum atomic E-state index is -0.986. The Morgan fingerprint density at radius 2 is 2.35 bits per heavy atom. The van der Waals surface area contributed by atoms with E-state index in [1.807, 2.05) is 5.38 Å². The summed E-state index contributed by atoms with van der Waals surface area (Å²) in [6.07, 6.45) is 1.04. The molecular formula is C11H14N2O3S. The van der Waals surface area contributed by atoms with Crippen LogP contribution in [0.15, 0.2) is 5.38 Å². The number of aryl methyl sites for hydroxylation is 1. The topological polar surface area (TPSA) is 83.6 Å². The van der Waals surface area contributed by atoms with E-state index >= 15 is 0 Å². The molecule has 2 rings (SSSR count). The van der Waals surface area contributed by atoms with Gasteiger partial charge in [0.1, 0.15) is 4.88 Å². The summed E-state index contributed by atoms with van der Waals surface area (Å²) < 4.78 is 0. The second-order valence-corrected chi connectivity index (χ2v) is 5.11. The standard InChI is InChI=1S/C11H14N2O3S/c1-6(12)4-13-8(14)3-2-7-5-17-10(9(7)13)11(15)16/h5-6H,2-4,12H2,1H3,(H,15,16)/t6-/m0/s1. The van der Waals surface area contributed by atoms with Crippen LogP contribution in [-0.4, -0.2) is 29.6 Å². The van der Waals surface area contributed by atoms with E-state index in [1.165, 1.54) is 16.2 Å². The Hall–Kier alpha value is -1.40. The lowest BCUT2D eigenvalue weighted by Gasteiger charge is -2.29. The number of aromatic carboxylic acids is 1. The molecule has 92 valence electrons. The van der Waals surface area contributed by atoms with E-state index in [-0.39, 0.29) is 16.8 Å². The van der Waals surface area contributed by atoms with Crippen LogP contribution in [0.2, 0.25) is 0 Å². The van der Waals surface area contributed by atoms with E-state index in [4.69, 9.17) is 10.8 Å². The fraction of sp³-hybridized carbons (Fsp3) is 0.455. The van der Waals surface area contributed by atoms with E-state index in [0.717, 1.165) is 5.56 Å². The second kappa shape index (κ2) is 4.46. The van der Waals surface area contributed by atoms with Crippen LogP contribution in [0.1, 0.15) is 28.6 Å². The summed E-state index contributed by atoms with van der Waals surface area (Å²) >= 11 is 1.17. The van der Waals surface area contributed by atoms with Crippen molar-refractivity contribution in [3.8, 4) is 0 Å². The quantitative estimate of drug-likeness (QED) is 0.845. The molecule has 2 heterocycles. The van der Waals surface area contributed by atoms with Crippen molar-refractivity contribution in [3.63, 3.8) is 0 Å². The van der Waals surface area contributed by atoms with Gasteiger partial charge in [0, 0.05) is 19.0 Å². The summed E-state index contributed by atoms with van der Waals surface area (Å²) in [5.74, 6) is -1.03. The monoisotopic (exact) mass is 254 g/mol. The highest BCUT2D eigenvalue weighted by Crippen LogP contribution is 2.36. The predicted molar refractivity (Wildman–Crippen MR) is 65.6 cm³/mol. The molecular weight excluding hydrogens is 240 g/mol. The average molecular weight is 254 g/mol. The van der Waals surface area contributed by atoms with E-state index < -0.39 is 5.97 Å². The number of fused-ring (bicyclic) bond motifs is 1. The molecule has 3 N–H and O–H groups in total. The molecule has 5 nitrogen and oxygen atoms in total. The Kier molecular flexibility index (Phi) is 3.17. The van der Waals surface area contributed by atoms with Gasteiger partial charge in [0.25, 0.3) is 0 Å². The molecule has 1 aliphatic heterocycles. The van der Waals surface area contributed by atoms with Crippen molar-refractivity contribution in [3.05, 3.63) is 15.8 Å². The van der Waals surface area contributed by atoms with Crippen LogP contribution in [0.25, 0.3) is 0 Å². The molecule has 1 aliphatic rings. The normalized spacial score (nSPS) is 16.8. The molecule has 0 spiro atoms. The van der Waals surface area contributed by atoms with E-state index in [1.54, 1.807) is 6.92 Å². The zero-order valence-corrected chi connectivity index (χ0v) is 10.3. The highest BCUT2D eigenvalue weighted by molar-refractivity contribution is 7.12. The molecule has 0 fully saturated rings. The molecule has 1 aromatic rings. The maximum absolute atomic E-state index is 11.8. The fourth-order valence-corrected chi connectivity index (χ4v) is 2.94. The van der Waals surface area contributed by atoms with Gasteiger partial charge in [0.05, 0.1) is 5.69 Å². The number of hydrogen-bond donors (Lipinski definition) is 2. The highest BCUT2D eigenvalue weighted by Gasteiger charge is 2.30. The van der Waals surface area contributed by atoms with Crippen molar-refractivity contribution in [1.82, 2.24) is 0 Å². The first kappa shape index (κ1) is 12.1. The molecule has 0 radical (unpaired) electrons. The van der Waals surface area contributed by atoms with Gasteiger partial charge in [-0.25, -0.2) is 4.79 Å². The Labute approximate surface area is 103 Å². The van der Waals surface area contributed by atoms with E-state index in [2.05, 4.69) is 0 Å². The van der Waals surface area contributed by atoms with Crippen molar-refractivity contribution in [2.75, 3.05) is 11.4 Å². The predicted octanol–water partition coefficient (Wildman–Crippen LogP) is 1.07. The van der Waals surface area contributed by atoms with Crippen LogP contribution in [0, 0.1) is 0 Å². The first-order chi connectivity index (χ1) is 8.00. The maximum atomic E-state index is 11.8. The number of thiophene rings is 1. The van der Waals surface area contributed by atoms with Crippen LogP contribution in [0.5, 0.6) is 0 Å². The Bertz CT molecular complexity index is 467. The maximum Gasteiger partial charge on any atom is 0.348 e. The molecule has 0 unspecified atom stereocenters. The zero-order valence-electron chi connectivity index (χ0n) is 9.47. The SMILES string of the molecule is C[C@H](N)CN1C(=O)CCc2csc(C(=O)O)c21. The summed E-state index contributed by atoms with van der Waals surface area (Å²) in [5, 5.41) is 10.9. The summed E-state index contributed by atoms with van der Waals surface area (Å²) in [6.45, 7) is 2.16. The van der Waals surface area contributed by atoms with Crippen LogP contribution in [0.3, 0.4) is 0 Å². The lowest BCUT2D eigenvalue weighted by atomic mass is 10.0. The lowest BCUT2D eigenvalue weighted by molar-refractivity contribution is -0.118. The molecule has 6 heteroatoms. The Morgan fingerprint density at radius 3 is 2.94 bits per heavy atom. The largest absolute Gasteiger partial charge is 0.477 e. The first-order valence-corrected chi connectivity index (χ1v) is 6.28. The number of nitrogens with zero attached hydrogens (tertiary/aromatic N) is 1. The summed E-state index contributed by atoms with van der Waals surface area (Å²) in [5.41, 5.74) is 7.19. The molecule has 0 aliphatic carbocycles. The number of nitrogens with two attached hydrogens (primary N) is 1. The van der Waals surface area contributed by atoms with Crippen LogP contribution in [0.4, 0.5) is 5.69 Å². The van der Waals surface area contributed by atoms with Gasteiger partial charge in [-0.05, 0) is 24.3 Å². The Morgan fingerprint density at radius 1 is 1.65 bits per heavy atom. The molecule has 0 saturated carbocycles. The van der Waals surface area contributed by atoms with Crippen molar-refractivity contribution in [2.45, 2.75) is 25.8 Å². The van der Waals surface area contributed by atoms with Crippen LogP contribution < -0.4 is 10.6 Å². The average Bonchev–Trinajstić information content (AvgIpc) is 2.65. The molecule has 0 bridgehead atoms. The smallest absolute Gasteiger partial charge is 0.348 e. The van der Waals surface area contributed by atoms with Gasteiger partial charge >= 0.3 is 5.97 Å². The number of anilines is 1. The summed E-state index contributed by atoms with van der Waals surface area (Å²) in [7, 11) is 0. The number of rotatable bonds is 3. The fourth-order valence-electron chi connectivity index (χ4n) is 1.99. The lowest BCUT2D eigenvalue weighted by Crippen LogP contribution is -2.42. The van der Waals surface area contributed by atoms with Gasteiger partial charge in [0.2, 0.25) is 5.91 Å². The van der Waals surface area contributed by atoms with Gasteiger partial charge in [-0.3, -0.25) is 4.79 Å². The molecule has 1 atom stereocenters. The molecule has 1 aromatic heterocycles. The molecule has 1 amide bonds. The van der Waals surface area contributed by atoms with Gasteiger partial charge in [-0.15, -0.1) is 11.3 Å². The van der Waals surface area contributed by atoms with E-state index in [0.29, 0.717) is 25.1 Å². The van der Waals surface area contributed by atoms with Crippen molar-refractivity contribution in [1.29, 1.82) is 0 Å². The highest BCUT2D eigenvalue weighted by atomic mass is 32.1. The number of carboxylic acids is 1. The van der Waals surface area contributed by atoms with E-state index in [9.17, 15) is 9.59 Å². The van der Waals surface area contributed by atoms with Gasteiger partial charge in [-0.2, -0.15) is 0 Å². The first-order valence-electron chi connectivity index (χ1n) is 5.40. The molecule has 0 saturated heterocycles. The number of amides is 1. The number of hydrogen-bond acceptors (Lipinski definition) is 4. The van der Waals surface area contributed by atoms with Gasteiger partial charge in [-0.1, -0.05) is 0 Å². The number of carbonyl (C=O) groups is 2. The van der Waals surface area contributed by atoms with Crippen molar-refractivity contribution >= 4 is 28.9 Å². The van der Waals surface area contributed by atoms with Crippen LogP contribution in [-0.2, 0) is 11.2 Å². The zero-order chi connectivity index (χ0) is 12.6. The Balaban J connectivity index is 2.44. The number of carboxylic acid groups (broad SMARTS) is 1. The third-order valence-electron chi connectivity index (χ3n) is 2.68. The minimum absolute atomic E-state index is 0.0456. The van der Waals surface area contributed by atoms with Crippen molar-refractivity contribution < 1.29 is 14.7 Å². The van der Waals surface area contributed by atoms with Gasteiger partial charge in [0.15, 0.2) is 0 Å².